The van der Waals surface area contributed by atoms with Crippen molar-refractivity contribution in [3.8, 4) is 0 Å². The predicted octanol–water partition coefficient (Wildman–Crippen LogP) is 3.26. The van der Waals surface area contributed by atoms with Crippen molar-refractivity contribution in [2.24, 2.45) is 16.3 Å². The molecule has 2 rings (SSSR count). The molecule has 1 aliphatic carbocycles. The number of hydrogen-bond acceptors (Lipinski definition) is 3. The first-order valence-electron chi connectivity index (χ1n) is 9.84. The zero-order chi connectivity index (χ0) is 17.4. The lowest BCUT2D eigenvalue weighted by Crippen LogP contribution is -2.42. The summed E-state index contributed by atoms with van der Waals surface area (Å²) in [5, 5.41) is 13.5. The molecule has 2 aliphatic rings. The smallest absolute Gasteiger partial charge is 0.194 e. The van der Waals surface area contributed by atoms with Crippen molar-refractivity contribution in [2.45, 2.75) is 65.4 Å². The van der Waals surface area contributed by atoms with Gasteiger partial charge in [-0.3, -0.25) is 4.99 Å². The molecule has 0 aromatic heterocycles. The number of likely N-dealkylation sites (tertiary alicyclic amines) is 1. The van der Waals surface area contributed by atoms with Crippen molar-refractivity contribution < 1.29 is 9.84 Å². The van der Waals surface area contributed by atoms with Gasteiger partial charge in [0.1, 0.15) is 0 Å². The highest BCUT2D eigenvalue weighted by molar-refractivity contribution is 14.0. The maximum absolute atomic E-state index is 10.1. The van der Waals surface area contributed by atoms with Crippen LogP contribution < -0.4 is 5.32 Å². The molecular weight excluding hydrogens is 429 g/mol. The van der Waals surface area contributed by atoms with Crippen LogP contribution in [0.3, 0.4) is 0 Å². The molecule has 2 N–H and O–H groups in total. The first kappa shape index (κ1) is 23.0. The van der Waals surface area contributed by atoms with Gasteiger partial charge in [-0.15, -0.1) is 24.0 Å². The Labute approximate surface area is 171 Å². The highest BCUT2D eigenvalue weighted by Crippen LogP contribution is 2.43. The van der Waals surface area contributed by atoms with Crippen LogP contribution in [0.4, 0.5) is 0 Å². The summed E-state index contributed by atoms with van der Waals surface area (Å²) in [5.41, 5.74) is 0.521. The Morgan fingerprint density at radius 3 is 2.56 bits per heavy atom. The number of nitrogens with one attached hydrogen (secondary N) is 1. The molecule has 148 valence electrons. The summed E-state index contributed by atoms with van der Waals surface area (Å²) >= 11 is 0. The van der Waals surface area contributed by atoms with Crippen molar-refractivity contribution in [1.29, 1.82) is 0 Å². The average molecular weight is 467 g/mol. The quantitative estimate of drug-likeness (QED) is 0.343. The van der Waals surface area contributed by atoms with Gasteiger partial charge in [0, 0.05) is 26.2 Å². The van der Waals surface area contributed by atoms with Gasteiger partial charge < -0.3 is 20.1 Å². The Balaban J connectivity index is 0.00000312. The number of nitrogens with zero attached hydrogens (tertiary/aromatic N) is 2. The van der Waals surface area contributed by atoms with Crippen molar-refractivity contribution in [3.05, 3.63) is 0 Å². The normalized spacial score (nSPS) is 21.5. The lowest BCUT2D eigenvalue weighted by Gasteiger charge is -2.33. The van der Waals surface area contributed by atoms with E-state index in [1.54, 1.807) is 0 Å². The molecule has 0 aromatic carbocycles. The summed E-state index contributed by atoms with van der Waals surface area (Å²) in [5.74, 6) is 1.46. The minimum absolute atomic E-state index is 0. The molecule has 25 heavy (non-hydrogen) atoms. The zero-order valence-corrected chi connectivity index (χ0v) is 18.6. The molecule has 0 aromatic rings. The van der Waals surface area contributed by atoms with Crippen molar-refractivity contribution in [1.82, 2.24) is 10.2 Å². The number of hydrogen-bond donors (Lipinski definition) is 2. The van der Waals surface area contributed by atoms with E-state index in [-0.39, 0.29) is 24.0 Å². The minimum Gasteiger partial charge on any atom is -0.389 e. The van der Waals surface area contributed by atoms with E-state index in [1.807, 2.05) is 0 Å². The zero-order valence-electron chi connectivity index (χ0n) is 16.3. The lowest BCUT2D eigenvalue weighted by molar-refractivity contribution is 0.0300. The topological polar surface area (TPSA) is 57.1 Å². The Kier molecular flexibility index (Phi) is 10.6. The third-order valence-electron chi connectivity index (χ3n) is 5.20. The molecule has 1 saturated heterocycles. The van der Waals surface area contributed by atoms with Gasteiger partial charge in [0.25, 0.3) is 0 Å². The van der Waals surface area contributed by atoms with E-state index in [0.29, 0.717) is 31.1 Å². The molecule has 1 spiro atoms. The van der Waals surface area contributed by atoms with E-state index < -0.39 is 6.10 Å². The molecule has 2 fully saturated rings. The number of guanidine groups is 1. The van der Waals surface area contributed by atoms with E-state index in [1.165, 1.54) is 38.5 Å². The number of rotatable bonds is 7. The standard InChI is InChI=1S/C19H37N3O2.HI/c1-4-20-18(21-12-17(23)14-24-13-16(2)3)22-11-10-19(15-22)8-6-5-7-9-19;/h16-17,23H,4-15H2,1-3H3,(H,20,21);1H. The second-order valence-corrected chi connectivity index (χ2v) is 8.01. The average Bonchev–Trinajstić information content (AvgIpc) is 2.95. The summed E-state index contributed by atoms with van der Waals surface area (Å²) in [7, 11) is 0. The van der Waals surface area contributed by atoms with Gasteiger partial charge in [-0.25, -0.2) is 0 Å². The first-order chi connectivity index (χ1) is 11.5. The Morgan fingerprint density at radius 2 is 1.92 bits per heavy atom. The van der Waals surface area contributed by atoms with Gasteiger partial charge in [0.15, 0.2) is 5.96 Å². The molecule has 1 atom stereocenters. The molecule has 1 unspecified atom stereocenters. The van der Waals surface area contributed by atoms with Crippen LogP contribution in [0.5, 0.6) is 0 Å². The maximum Gasteiger partial charge on any atom is 0.194 e. The number of ether oxygens (including phenoxy) is 1. The van der Waals surface area contributed by atoms with Crippen LogP contribution in [0.15, 0.2) is 4.99 Å². The third kappa shape index (κ3) is 7.59. The predicted molar refractivity (Wildman–Crippen MR) is 115 cm³/mol. The summed E-state index contributed by atoms with van der Waals surface area (Å²) in [6, 6.07) is 0. The molecule has 0 radical (unpaired) electrons. The molecule has 0 bridgehead atoms. The molecule has 1 heterocycles. The summed E-state index contributed by atoms with van der Waals surface area (Å²) < 4.78 is 5.51. The molecule has 5 nitrogen and oxygen atoms in total. The second kappa shape index (κ2) is 11.6. The van der Waals surface area contributed by atoms with Gasteiger partial charge >= 0.3 is 0 Å². The fourth-order valence-electron chi connectivity index (χ4n) is 3.94. The number of aliphatic hydroxyl groups excluding tert-OH is 1. The van der Waals surface area contributed by atoms with E-state index in [0.717, 1.165) is 25.6 Å². The number of aliphatic hydroxyl groups is 1. The van der Waals surface area contributed by atoms with Gasteiger partial charge in [0.2, 0.25) is 0 Å². The summed E-state index contributed by atoms with van der Waals surface area (Å²) in [4.78, 5) is 7.07. The van der Waals surface area contributed by atoms with Crippen LogP contribution in [-0.4, -0.2) is 61.5 Å². The number of halogens is 1. The molecule has 1 saturated carbocycles. The maximum atomic E-state index is 10.1. The highest BCUT2D eigenvalue weighted by Gasteiger charge is 2.39. The van der Waals surface area contributed by atoms with Crippen LogP contribution in [0, 0.1) is 11.3 Å². The van der Waals surface area contributed by atoms with Crippen molar-refractivity contribution in [3.63, 3.8) is 0 Å². The lowest BCUT2D eigenvalue weighted by atomic mass is 9.73. The van der Waals surface area contributed by atoms with Crippen LogP contribution in [0.2, 0.25) is 0 Å². The summed E-state index contributed by atoms with van der Waals surface area (Å²) in [6.45, 7) is 10.9. The molecule has 1 aliphatic heterocycles. The van der Waals surface area contributed by atoms with Crippen LogP contribution >= 0.6 is 24.0 Å². The summed E-state index contributed by atoms with van der Waals surface area (Å²) in [6.07, 6.45) is 7.67. The third-order valence-corrected chi connectivity index (χ3v) is 5.20. The van der Waals surface area contributed by atoms with Gasteiger partial charge in [0.05, 0.1) is 19.3 Å². The first-order valence-corrected chi connectivity index (χ1v) is 9.84. The second-order valence-electron chi connectivity index (χ2n) is 8.01. The SMILES string of the molecule is CCNC(=NCC(O)COCC(C)C)N1CCC2(CCCCC2)C1.I. The molecule has 0 amide bonds. The Morgan fingerprint density at radius 1 is 1.20 bits per heavy atom. The fourth-order valence-corrected chi connectivity index (χ4v) is 3.94. The molecular formula is C19H38IN3O2. The van der Waals surface area contributed by atoms with E-state index >= 15 is 0 Å². The van der Waals surface area contributed by atoms with Gasteiger partial charge in [-0.2, -0.15) is 0 Å². The largest absolute Gasteiger partial charge is 0.389 e. The van der Waals surface area contributed by atoms with E-state index in [9.17, 15) is 5.11 Å². The monoisotopic (exact) mass is 467 g/mol. The minimum atomic E-state index is -0.524. The van der Waals surface area contributed by atoms with Crippen LogP contribution in [0.1, 0.15) is 59.3 Å². The Bertz CT molecular complexity index is 398. The van der Waals surface area contributed by atoms with Crippen molar-refractivity contribution >= 4 is 29.9 Å². The molecule has 6 heteroatoms. The highest BCUT2D eigenvalue weighted by atomic mass is 127. The number of aliphatic imine (C=N–C) groups is 1. The van der Waals surface area contributed by atoms with Gasteiger partial charge in [-0.1, -0.05) is 33.1 Å². The Hall–Kier alpha value is -0.0800. The van der Waals surface area contributed by atoms with E-state index in [2.05, 4.69) is 36.0 Å². The van der Waals surface area contributed by atoms with E-state index in [4.69, 9.17) is 4.74 Å². The van der Waals surface area contributed by atoms with Crippen molar-refractivity contribution in [2.75, 3.05) is 39.4 Å². The van der Waals surface area contributed by atoms with Crippen LogP contribution in [0.25, 0.3) is 0 Å². The van der Waals surface area contributed by atoms with Crippen LogP contribution in [-0.2, 0) is 4.74 Å². The van der Waals surface area contributed by atoms with Gasteiger partial charge in [-0.05, 0) is 37.5 Å². The fraction of sp³-hybridized carbons (Fsp3) is 0.947.